The maximum absolute atomic E-state index is 12.4. The third-order valence-corrected chi connectivity index (χ3v) is 1.60. The van der Waals surface area contributed by atoms with Crippen LogP contribution in [-0.2, 0) is 4.74 Å². The number of carbonyl (C=O) groups excluding carboxylic acids is 1. The molecule has 1 heterocycles. The van der Waals surface area contributed by atoms with Gasteiger partial charge < -0.3 is 10.5 Å². The number of nitrogen functional groups attached to an aromatic ring is 1. The fourth-order valence-corrected chi connectivity index (χ4v) is 0.949. The molecule has 1 aromatic heterocycles. The van der Waals surface area contributed by atoms with E-state index in [1.54, 1.807) is 0 Å². The highest BCUT2D eigenvalue weighted by Crippen LogP contribution is 2.24. The standard InChI is InChI=1S/C8H8F2N2O2/c1-14-8(13)5-3-12-6(11)2-4(5)7(9)10/h2-3,7H,1H3,(H2,11,12). The number of alkyl halides is 2. The lowest BCUT2D eigenvalue weighted by molar-refractivity contribution is 0.0589. The van der Waals surface area contributed by atoms with Crippen LogP contribution in [0.5, 0.6) is 0 Å². The van der Waals surface area contributed by atoms with Gasteiger partial charge in [-0.2, -0.15) is 0 Å². The van der Waals surface area contributed by atoms with Crippen molar-refractivity contribution >= 4 is 11.8 Å². The molecular formula is C8H8F2N2O2. The molecule has 2 N–H and O–H groups in total. The van der Waals surface area contributed by atoms with E-state index in [2.05, 4.69) is 9.72 Å². The monoisotopic (exact) mass is 202 g/mol. The van der Waals surface area contributed by atoms with Gasteiger partial charge in [0.25, 0.3) is 6.43 Å². The first-order valence-corrected chi connectivity index (χ1v) is 3.68. The lowest BCUT2D eigenvalue weighted by Crippen LogP contribution is -2.08. The number of nitrogens with zero attached hydrogens (tertiary/aromatic N) is 1. The number of rotatable bonds is 2. The Morgan fingerprint density at radius 2 is 2.29 bits per heavy atom. The van der Waals surface area contributed by atoms with Crippen molar-refractivity contribution in [3.63, 3.8) is 0 Å². The molecule has 4 nitrogen and oxygen atoms in total. The van der Waals surface area contributed by atoms with Crippen molar-refractivity contribution in [1.82, 2.24) is 4.98 Å². The van der Waals surface area contributed by atoms with Crippen molar-refractivity contribution in [2.45, 2.75) is 6.43 Å². The molecule has 76 valence electrons. The highest BCUT2D eigenvalue weighted by Gasteiger charge is 2.19. The van der Waals surface area contributed by atoms with Crippen molar-refractivity contribution in [2.75, 3.05) is 12.8 Å². The fraction of sp³-hybridized carbons (Fsp3) is 0.250. The molecule has 0 spiro atoms. The Morgan fingerprint density at radius 1 is 1.64 bits per heavy atom. The zero-order chi connectivity index (χ0) is 10.7. The summed E-state index contributed by atoms with van der Waals surface area (Å²) < 4.78 is 29.1. The molecule has 0 saturated heterocycles. The number of aromatic nitrogens is 1. The van der Waals surface area contributed by atoms with Crippen LogP contribution < -0.4 is 5.73 Å². The molecule has 0 bridgehead atoms. The van der Waals surface area contributed by atoms with Crippen molar-refractivity contribution in [3.8, 4) is 0 Å². The summed E-state index contributed by atoms with van der Waals surface area (Å²) in [4.78, 5) is 14.5. The fourth-order valence-electron chi connectivity index (χ4n) is 0.949. The van der Waals surface area contributed by atoms with Gasteiger partial charge in [0.2, 0.25) is 0 Å². The van der Waals surface area contributed by atoms with E-state index in [0.29, 0.717) is 0 Å². The van der Waals surface area contributed by atoms with E-state index in [0.717, 1.165) is 19.4 Å². The van der Waals surface area contributed by atoms with E-state index in [1.165, 1.54) is 0 Å². The average molecular weight is 202 g/mol. The minimum atomic E-state index is -2.78. The minimum absolute atomic E-state index is 0.0621. The molecule has 1 aromatic rings. The second-order valence-electron chi connectivity index (χ2n) is 2.49. The summed E-state index contributed by atoms with van der Waals surface area (Å²) in [7, 11) is 1.11. The number of anilines is 1. The molecule has 0 unspecified atom stereocenters. The molecular weight excluding hydrogens is 194 g/mol. The van der Waals surface area contributed by atoms with Crippen LogP contribution in [0.3, 0.4) is 0 Å². The number of nitrogens with two attached hydrogens (primary N) is 1. The van der Waals surface area contributed by atoms with E-state index in [1.807, 2.05) is 0 Å². The Labute approximate surface area is 78.7 Å². The summed E-state index contributed by atoms with van der Waals surface area (Å²) >= 11 is 0. The van der Waals surface area contributed by atoms with E-state index < -0.39 is 18.0 Å². The van der Waals surface area contributed by atoms with Crippen LogP contribution in [0.4, 0.5) is 14.6 Å². The summed E-state index contributed by atoms with van der Waals surface area (Å²) in [5.41, 5.74) is 4.48. The summed E-state index contributed by atoms with van der Waals surface area (Å²) in [6.45, 7) is 0. The summed E-state index contributed by atoms with van der Waals surface area (Å²) in [5.74, 6) is -0.916. The van der Waals surface area contributed by atoms with Crippen molar-refractivity contribution in [1.29, 1.82) is 0 Å². The molecule has 6 heteroatoms. The predicted octanol–water partition coefficient (Wildman–Crippen LogP) is 1.39. The van der Waals surface area contributed by atoms with Crippen LogP contribution in [0, 0.1) is 0 Å². The Morgan fingerprint density at radius 3 is 2.79 bits per heavy atom. The van der Waals surface area contributed by atoms with Crippen LogP contribution in [-0.4, -0.2) is 18.1 Å². The van der Waals surface area contributed by atoms with Gasteiger partial charge in [0.05, 0.1) is 12.7 Å². The lowest BCUT2D eigenvalue weighted by Gasteiger charge is -2.06. The molecule has 0 aliphatic carbocycles. The molecule has 0 amide bonds. The van der Waals surface area contributed by atoms with E-state index in [9.17, 15) is 13.6 Å². The number of pyridine rings is 1. The quantitative estimate of drug-likeness (QED) is 0.736. The molecule has 0 saturated carbocycles. The van der Waals surface area contributed by atoms with Gasteiger partial charge in [-0.05, 0) is 6.07 Å². The third kappa shape index (κ3) is 1.95. The number of hydrogen-bond donors (Lipinski definition) is 1. The number of methoxy groups -OCH3 is 1. The normalized spacial score (nSPS) is 10.3. The van der Waals surface area contributed by atoms with Gasteiger partial charge in [-0.3, -0.25) is 0 Å². The molecule has 0 atom stereocenters. The van der Waals surface area contributed by atoms with Crippen LogP contribution >= 0.6 is 0 Å². The third-order valence-electron chi connectivity index (χ3n) is 1.60. The highest BCUT2D eigenvalue weighted by molar-refractivity contribution is 5.91. The van der Waals surface area contributed by atoms with Gasteiger partial charge in [-0.25, -0.2) is 18.6 Å². The molecule has 0 aliphatic heterocycles. The van der Waals surface area contributed by atoms with Crippen LogP contribution in [0.25, 0.3) is 0 Å². The van der Waals surface area contributed by atoms with Crippen LogP contribution in [0.1, 0.15) is 22.3 Å². The van der Waals surface area contributed by atoms with E-state index in [-0.39, 0.29) is 11.4 Å². The molecule has 1 rings (SSSR count). The average Bonchev–Trinajstić information content (AvgIpc) is 2.16. The number of hydrogen-bond acceptors (Lipinski definition) is 4. The zero-order valence-corrected chi connectivity index (χ0v) is 7.33. The molecule has 0 fully saturated rings. The topological polar surface area (TPSA) is 65.2 Å². The van der Waals surface area contributed by atoms with Gasteiger partial charge in [0, 0.05) is 11.8 Å². The zero-order valence-electron chi connectivity index (χ0n) is 7.33. The van der Waals surface area contributed by atoms with Gasteiger partial charge >= 0.3 is 5.97 Å². The first-order valence-electron chi connectivity index (χ1n) is 3.68. The predicted molar refractivity (Wildman–Crippen MR) is 44.9 cm³/mol. The van der Waals surface area contributed by atoms with Crippen LogP contribution in [0.15, 0.2) is 12.3 Å². The van der Waals surface area contributed by atoms with Crippen molar-refractivity contribution in [2.24, 2.45) is 0 Å². The maximum Gasteiger partial charge on any atom is 0.339 e. The molecule has 0 aromatic carbocycles. The van der Waals surface area contributed by atoms with Gasteiger partial charge in [-0.15, -0.1) is 0 Å². The summed E-state index contributed by atoms with van der Waals surface area (Å²) in [5, 5.41) is 0. The lowest BCUT2D eigenvalue weighted by atomic mass is 10.1. The first kappa shape index (κ1) is 10.4. The Kier molecular flexibility index (Phi) is 2.95. The largest absolute Gasteiger partial charge is 0.465 e. The highest BCUT2D eigenvalue weighted by atomic mass is 19.3. The minimum Gasteiger partial charge on any atom is -0.465 e. The SMILES string of the molecule is COC(=O)c1cnc(N)cc1C(F)F. The number of carbonyl (C=O) groups is 1. The second-order valence-corrected chi connectivity index (χ2v) is 2.49. The van der Waals surface area contributed by atoms with E-state index >= 15 is 0 Å². The summed E-state index contributed by atoms with van der Waals surface area (Å²) in [6.07, 6.45) is -1.81. The number of halogens is 2. The smallest absolute Gasteiger partial charge is 0.339 e. The second kappa shape index (κ2) is 3.99. The Hall–Kier alpha value is -1.72. The molecule has 0 aliphatic rings. The molecule has 14 heavy (non-hydrogen) atoms. The number of ether oxygens (including phenoxy) is 1. The summed E-state index contributed by atoms with van der Waals surface area (Å²) in [6, 6.07) is 0.955. The number of esters is 1. The van der Waals surface area contributed by atoms with Gasteiger partial charge in [0.1, 0.15) is 5.82 Å². The van der Waals surface area contributed by atoms with Crippen molar-refractivity contribution in [3.05, 3.63) is 23.4 Å². The Balaban J connectivity index is 3.21. The van der Waals surface area contributed by atoms with Crippen LogP contribution in [0.2, 0.25) is 0 Å². The van der Waals surface area contributed by atoms with Crippen molar-refractivity contribution < 1.29 is 18.3 Å². The van der Waals surface area contributed by atoms with Gasteiger partial charge in [0.15, 0.2) is 0 Å². The van der Waals surface area contributed by atoms with Gasteiger partial charge in [-0.1, -0.05) is 0 Å². The van der Waals surface area contributed by atoms with E-state index in [4.69, 9.17) is 5.73 Å². The molecule has 0 radical (unpaired) electrons. The Bertz CT molecular complexity index is 355. The maximum atomic E-state index is 12.4. The first-order chi connectivity index (χ1) is 6.56.